The van der Waals surface area contributed by atoms with Gasteiger partial charge in [0, 0.05) is 18.1 Å². The van der Waals surface area contributed by atoms with Crippen LogP contribution in [0, 0.1) is 5.82 Å². The molecule has 1 nitrogen and oxygen atoms in total. The van der Waals surface area contributed by atoms with Crippen molar-refractivity contribution in [2.45, 2.75) is 0 Å². The molecule has 3 heteroatoms. The Morgan fingerprint density at radius 2 is 2.00 bits per heavy atom. The Balaban J connectivity index is 2.89. The second kappa shape index (κ2) is 3.46. The van der Waals surface area contributed by atoms with E-state index in [1.54, 1.807) is 13.1 Å². The summed E-state index contributed by atoms with van der Waals surface area (Å²) in [6, 6.07) is 8.93. The van der Waals surface area contributed by atoms with E-state index < -0.39 is 0 Å². The molecule has 0 bridgehead atoms. The summed E-state index contributed by atoms with van der Waals surface area (Å²) in [6.07, 6.45) is 0. The molecule has 0 unspecified atom stereocenters. The van der Waals surface area contributed by atoms with Crippen molar-refractivity contribution in [1.82, 2.24) is 0 Å². The summed E-state index contributed by atoms with van der Waals surface area (Å²) in [6.45, 7) is 0. The molecule has 0 aliphatic rings. The molecule has 0 heterocycles. The van der Waals surface area contributed by atoms with Crippen molar-refractivity contribution in [3.63, 3.8) is 0 Å². The van der Waals surface area contributed by atoms with Crippen molar-refractivity contribution in [2.75, 3.05) is 12.4 Å². The van der Waals surface area contributed by atoms with E-state index in [1.807, 2.05) is 24.3 Å². The summed E-state index contributed by atoms with van der Waals surface area (Å²) in [5.41, 5.74) is 0.752. The average Bonchev–Trinajstić information content (AvgIpc) is 2.23. The summed E-state index contributed by atoms with van der Waals surface area (Å²) >= 11 is 5.71. The monoisotopic (exact) mass is 209 g/mol. The van der Waals surface area contributed by atoms with Gasteiger partial charge in [-0.15, -0.1) is 0 Å². The van der Waals surface area contributed by atoms with Crippen molar-refractivity contribution >= 4 is 28.1 Å². The molecule has 0 atom stereocenters. The van der Waals surface area contributed by atoms with E-state index in [1.165, 1.54) is 0 Å². The smallest absolute Gasteiger partial charge is 0.151 e. The molecule has 0 saturated heterocycles. The van der Waals surface area contributed by atoms with Crippen LogP contribution in [0.4, 0.5) is 10.1 Å². The first-order valence-corrected chi connectivity index (χ1v) is 4.66. The number of fused-ring (bicyclic) bond motifs is 1. The fraction of sp³-hybridized carbons (Fsp3) is 0.0909. The van der Waals surface area contributed by atoms with E-state index in [4.69, 9.17) is 11.6 Å². The maximum absolute atomic E-state index is 13.7. The minimum absolute atomic E-state index is 0.153. The van der Waals surface area contributed by atoms with Crippen LogP contribution in [0.3, 0.4) is 0 Å². The van der Waals surface area contributed by atoms with Crippen LogP contribution in [0.2, 0.25) is 5.02 Å². The summed E-state index contributed by atoms with van der Waals surface area (Å²) in [4.78, 5) is 0. The van der Waals surface area contributed by atoms with Gasteiger partial charge in [-0.1, -0.05) is 29.8 Å². The number of halogens is 2. The first-order valence-electron chi connectivity index (χ1n) is 4.28. The van der Waals surface area contributed by atoms with Crippen LogP contribution in [0.5, 0.6) is 0 Å². The molecule has 0 radical (unpaired) electrons. The van der Waals surface area contributed by atoms with Crippen molar-refractivity contribution in [1.29, 1.82) is 0 Å². The predicted molar refractivity (Wildman–Crippen MR) is 58.5 cm³/mol. The third-order valence-corrected chi connectivity index (χ3v) is 2.50. The molecule has 1 N–H and O–H groups in total. The maximum Gasteiger partial charge on any atom is 0.151 e. The topological polar surface area (TPSA) is 12.0 Å². The van der Waals surface area contributed by atoms with Gasteiger partial charge in [0.2, 0.25) is 0 Å². The van der Waals surface area contributed by atoms with E-state index in [0.29, 0.717) is 5.39 Å². The van der Waals surface area contributed by atoms with Gasteiger partial charge in [0.15, 0.2) is 5.82 Å². The van der Waals surface area contributed by atoms with Gasteiger partial charge >= 0.3 is 0 Å². The molecule has 0 aromatic heterocycles. The molecule has 14 heavy (non-hydrogen) atoms. The van der Waals surface area contributed by atoms with Crippen molar-refractivity contribution in [3.8, 4) is 0 Å². The van der Waals surface area contributed by atoms with Gasteiger partial charge in [0.05, 0.1) is 5.02 Å². The average molecular weight is 210 g/mol. The number of hydrogen-bond acceptors (Lipinski definition) is 1. The van der Waals surface area contributed by atoms with Crippen molar-refractivity contribution < 1.29 is 4.39 Å². The minimum Gasteiger partial charge on any atom is -0.388 e. The highest BCUT2D eigenvalue weighted by molar-refractivity contribution is 6.31. The lowest BCUT2D eigenvalue weighted by atomic mass is 10.1. The van der Waals surface area contributed by atoms with Crippen LogP contribution in [-0.2, 0) is 0 Å². The summed E-state index contributed by atoms with van der Waals surface area (Å²) in [7, 11) is 1.76. The highest BCUT2D eigenvalue weighted by Crippen LogP contribution is 2.29. The first-order chi connectivity index (χ1) is 6.74. The number of nitrogens with one attached hydrogen (secondary N) is 1. The zero-order valence-corrected chi connectivity index (χ0v) is 8.40. The number of anilines is 1. The Morgan fingerprint density at radius 3 is 2.71 bits per heavy atom. The molecule has 0 spiro atoms. The van der Waals surface area contributed by atoms with Crippen LogP contribution in [0.1, 0.15) is 0 Å². The molecular formula is C11H9ClFN. The minimum atomic E-state index is -0.367. The Labute approximate surface area is 86.5 Å². The molecule has 2 rings (SSSR count). The predicted octanol–water partition coefficient (Wildman–Crippen LogP) is 3.67. The number of hydrogen-bond donors (Lipinski definition) is 1. The molecule has 72 valence electrons. The fourth-order valence-electron chi connectivity index (χ4n) is 1.52. The Bertz CT molecular complexity index is 482. The zero-order valence-electron chi connectivity index (χ0n) is 7.64. The molecule has 0 amide bonds. The van der Waals surface area contributed by atoms with Gasteiger partial charge in [-0.05, 0) is 17.5 Å². The molecular weight excluding hydrogens is 201 g/mol. The van der Waals surface area contributed by atoms with E-state index in [9.17, 15) is 4.39 Å². The van der Waals surface area contributed by atoms with Crippen molar-refractivity contribution in [3.05, 3.63) is 41.2 Å². The van der Waals surface area contributed by atoms with Gasteiger partial charge in [0.1, 0.15) is 0 Å². The van der Waals surface area contributed by atoms with E-state index in [0.717, 1.165) is 11.1 Å². The van der Waals surface area contributed by atoms with E-state index >= 15 is 0 Å². The molecule has 2 aromatic rings. The third-order valence-electron chi connectivity index (χ3n) is 2.20. The van der Waals surface area contributed by atoms with Crippen LogP contribution in [0.25, 0.3) is 10.8 Å². The zero-order chi connectivity index (χ0) is 10.1. The molecule has 0 aliphatic carbocycles. The van der Waals surface area contributed by atoms with Crippen LogP contribution < -0.4 is 5.32 Å². The van der Waals surface area contributed by atoms with Gasteiger partial charge in [-0.25, -0.2) is 4.39 Å². The maximum atomic E-state index is 13.7. The highest BCUT2D eigenvalue weighted by atomic mass is 35.5. The van der Waals surface area contributed by atoms with E-state index in [-0.39, 0.29) is 10.8 Å². The third kappa shape index (κ3) is 1.32. The SMILES string of the molecule is CNc1cccc2ccc(Cl)c(F)c12. The number of benzene rings is 2. The summed E-state index contributed by atoms with van der Waals surface area (Å²) in [5, 5.41) is 4.48. The van der Waals surface area contributed by atoms with Crippen LogP contribution >= 0.6 is 11.6 Å². The quantitative estimate of drug-likeness (QED) is 0.756. The second-order valence-electron chi connectivity index (χ2n) is 3.02. The molecule has 0 aliphatic heterocycles. The largest absolute Gasteiger partial charge is 0.388 e. The standard InChI is InChI=1S/C11H9ClFN/c1-14-9-4-2-3-7-5-6-8(12)11(13)10(7)9/h2-6,14H,1H3. The second-order valence-corrected chi connectivity index (χ2v) is 3.42. The van der Waals surface area contributed by atoms with Gasteiger partial charge in [-0.2, -0.15) is 0 Å². The first kappa shape index (κ1) is 9.28. The Morgan fingerprint density at radius 1 is 1.21 bits per heavy atom. The van der Waals surface area contributed by atoms with E-state index in [2.05, 4.69) is 5.32 Å². The Kier molecular flexibility index (Phi) is 2.30. The lowest BCUT2D eigenvalue weighted by Crippen LogP contribution is -1.91. The number of rotatable bonds is 1. The van der Waals surface area contributed by atoms with Gasteiger partial charge in [-0.3, -0.25) is 0 Å². The Hall–Kier alpha value is -1.28. The lowest BCUT2D eigenvalue weighted by molar-refractivity contribution is 0.640. The van der Waals surface area contributed by atoms with Gasteiger partial charge < -0.3 is 5.32 Å². The summed E-state index contributed by atoms with van der Waals surface area (Å²) in [5.74, 6) is -0.367. The van der Waals surface area contributed by atoms with Gasteiger partial charge in [0.25, 0.3) is 0 Å². The highest BCUT2D eigenvalue weighted by Gasteiger charge is 2.08. The summed E-state index contributed by atoms with van der Waals surface area (Å²) < 4.78 is 13.7. The fourth-order valence-corrected chi connectivity index (χ4v) is 1.68. The van der Waals surface area contributed by atoms with Crippen molar-refractivity contribution in [2.24, 2.45) is 0 Å². The molecule has 2 aromatic carbocycles. The van der Waals surface area contributed by atoms with Crippen LogP contribution in [-0.4, -0.2) is 7.05 Å². The lowest BCUT2D eigenvalue weighted by Gasteiger charge is -2.07. The molecule has 0 fully saturated rings. The molecule has 0 saturated carbocycles. The normalized spacial score (nSPS) is 10.5. The van der Waals surface area contributed by atoms with Crippen LogP contribution in [0.15, 0.2) is 30.3 Å².